The van der Waals surface area contributed by atoms with Gasteiger partial charge in [-0.1, -0.05) is 18.2 Å². The predicted molar refractivity (Wildman–Crippen MR) is 129 cm³/mol. The standard InChI is InChI=1S/C25H29N5O4/c1-17(24(32)29-13-11-28(2)12-14-29)30-16-19-6-9-21(15-22(19)25(30)33)26-20-7-3-18(4-8-20)5-10-23(31)27-34/h3-10,15,17,26,34H,11-14,16H2,1-2H3,(H,27,31). The number of fused-ring (bicyclic) bond motifs is 1. The minimum absolute atomic E-state index is 0.00165. The normalized spacial score (nSPS) is 17.1. The molecule has 0 radical (unpaired) electrons. The van der Waals surface area contributed by atoms with E-state index in [0.717, 1.165) is 35.6 Å². The molecule has 2 aliphatic rings. The second-order valence-electron chi connectivity index (χ2n) is 8.67. The van der Waals surface area contributed by atoms with E-state index in [1.807, 2.05) is 61.3 Å². The van der Waals surface area contributed by atoms with Crippen molar-refractivity contribution in [1.82, 2.24) is 20.2 Å². The number of piperazine rings is 1. The number of rotatable bonds is 6. The number of hydrogen-bond donors (Lipinski definition) is 3. The third-order valence-electron chi connectivity index (χ3n) is 6.32. The van der Waals surface area contributed by atoms with E-state index in [0.29, 0.717) is 25.2 Å². The van der Waals surface area contributed by atoms with Crippen molar-refractivity contribution in [3.63, 3.8) is 0 Å². The first-order chi connectivity index (χ1) is 16.4. The van der Waals surface area contributed by atoms with Gasteiger partial charge in [0.2, 0.25) is 5.91 Å². The van der Waals surface area contributed by atoms with E-state index in [1.165, 1.54) is 6.08 Å². The Kier molecular flexibility index (Phi) is 6.95. The van der Waals surface area contributed by atoms with Gasteiger partial charge in [0.15, 0.2) is 0 Å². The molecular formula is C25H29N5O4. The van der Waals surface area contributed by atoms with Crippen LogP contribution < -0.4 is 10.8 Å². The molecule has 178 valence electrons. The molecule has 0 spiro atoms. The summed E-state index contributed by atoms with van der Waals surface area (Å²) in [6, 6.07) is 12.5. The molecular weight excluding hydrogens is 434 g/mol. The van der Waals surface area contributed by atoms with Gasteiger partial charge in [0, 0.05) is 55.7 Å². The van der Waals surface area contributed by atoms with Crippen LogP contribution in [0.2, 0.25) is 0 Å². The summed E-state index contributed by atoms with van der Waals surface area (Å²) in [5, 5.41) is 11.8. The Labute approximate surface area is 198 Å². The average molecular weight is 464 g/mol. The van der Waals surface area contributed by atoms with E-state index in [9.17, 15) is 14.4 Å². The summed E-state index contributed by atoms with van der Waals surface area (Å²) in [6.07, 6.45) is 2.82. The van der Waals surface area contributed by atoms with Crippen LogP contribution in [0, 0.1) is 0 Å². The van der Waals surface area contributed by atoms with Gasteiger partial charge in [-0.2, -0.15) is 0 Å². The molecule has 0 bridgehead atoms. The van der Waals surface area contributed by atoms with Gasteiger partial charge in [-0.3, -0.25) is 19.6 Å². The Morgan fingerprint density at radius 3 is 2.38 bits per heavy atom. The van der Waals surface area contributed by atoms with Crippen LogP contribution in [0.3, 0.4) is 0 Å². The SMILES string of the molecule is CC(C(=O)N1CCN(C)CC1)N1Cc2ccc(Nc3ccc(C=CC(=O)NO)cc3)cc2C1=O. The average Bonchev–Trinajstić information content (AvgIpc) is 3.18. The fraction of sp³-hybridized carbons (Fsp3) is 0.320. The topological polar surface area (TPSA) is 105 Å². The molecule has 9 nitrogen and oxygen atoms in total. The van der Waals surface area contributed by atoms with Gasteiger partial charge < -0.3 is 20.0 Å². The highest BCUT2D eigenvalue weighted by Crippen LogP contribution is 2.29. The molecule has 1 saturated heterocycles. The maximum absolute atomic E-state index is 13.1. The molecule has 9 heteroatoms. The summed E-state index contributed by atoms with van der Waals surface area (Å²) < 4.78 is 0. The zero-order valence-corrected chi connectivity index (χ0v) is 19.3. The first-order valence-corrected chi connectivity index (χ1v) is 11.3. The van der Waals surface area contributed by atoms with Crippen LogP contribution in [0.25, 0.3) is 6.08 Å². The van der Waals surface area contributed by atoms with Gasteiger partial charge in [-0.05, 0) is 55.4 Å². The molecule has 2 aliphatic heterocycles. The minimum Gasteiger partial charge on any atom is -0.356 e. The zero-order chi connectivity index (χ0) is 24.2. The molecule has 0 saturated carbocycles. The summed E-state index contributed by atoms with van der Waals surface area (Å²) in [5.74, 6) is -0.729. The number of nitrogens with zero attached hydrogens (tertiary/aromatic N) is 3. The van der Waals surface area contributed by atoms with Crippen LogP contribution >= 0.6 is 0 Å². The minimum atomic E-state index is -0.599. The van der Waals surface area contributed by atoms with E-state index >= 15 is 0 Å². The molecule has 1 atom stereocenters. The maximum Gasteiger partial charge on any atom is 0.267 e. The molecule has 3 amide bonds. The van der Waals surface area contributed by atoms with Gasteiger partial charge >= 0.3 is 0 Å². The molecule has 0 aromatic heterocycles. The number of hydrogen-bond acceptors (Lipinski definition) is 6. The first kappa shape index (κ1) is 23.5. The van der Waals surface area contributed by atoms with Crippen molar-refractivity contribution in [3.8, 4) is 0 Å². The van der Waals surface area contributed by atoms with E-state index in [-0.39, 0.29) is 11.8 Å². The Bertz CT molecular complexity index is 1110. The summed E-state index contributed by atoms with van der Waals surface area (Å²) >= 11 is 0. The monoisotopic (exact) mass is 463 g/mol. The van der Waals surface area contributed by atoms with Crippen molar-refractivity contribution in [2.24, 2.45) is 0 Å². The molecule has 34 heavy (non-hydrogen) atoms. The van der Waals surface area contributed by atoms with Crippen LogP contribution in [0.1, 0.15) is 28.4 Å². The molecule has 2 aromatic carbocycles. The van der Waals surface area contributed by atoms with Gasteiger partial charge in [0.05, 0.1) is 0 Å². The number of carbonyl (C=O) groups is 3. The molecule has 2 aromatic rings. The van der Waals surface area contributed by atoms with Crippen molar-refractivity contribution in [2.75, 3.05) is 38.5 Å². The van der Waals surface area contributed by atoms with Gasteiger partial charge in [0.25, 0.3) is 11.8 Å². The van der Waals surface area contributed by atoms with Crippen LogP contribution in [-0.4, -0.2) is 76.9 Å². The highest BCUT2D eigenvalue weighted by Gasteiger charge is 2.36. The number of carbonyl (C=O) groups excluding carboxylic acids is 3. The van der Waals surface area contributed by atoms with Gasteiger partial charge in [0.1, 0.15) is 6.04 Å². The summed E-state index contributed by atoms with van der Waals surface area (Å²) in [4.78, 5) is 42.9. The van der Waals surface area contributed by atoms with Crippen molar-refractivity contribution >= 4 is 35.2 Å². The Morgan fingerprint density at radius 1 is 1.03 bits per heavy atom. The Balaban J connectivity index is 1.41. The van der Waals surface area contributed by atoms with Crippen molar-refractivity contribution in [2.45, 2.75) is 19.5 Å². The van der Waals surface area contributed by atoms with E-state index in [2.05, 4.69) is 10.2 Å². The highest BCUT2D eigenvalue weighted by atomic mass is 16.5. The number of likely N-dealkylation sites (N-methyl/N-ethyl adjacent to an activating group) is 1. The van der Waals surface area contributed by atoms with Gasteiger partial charge in [-0.25, -0.2) is 5.48 Å². The van der Waals surface area contributed by atoms with E-state index in [1.54, 1.807) is 16.5 Å². The summed E-state index contributed by atoms with van der Waals surface area (Å²) in [5.41, 5.74) is 5.46. The zero-order valence-electron chi connectivity index (χ0n) is 19.3. The fourth-order valence-corrected chi connectivity index (χ4v) is 4.19. The molecule has 3 N–H and O–H groups in total. The Morgan fingerprint density at radius 2 is 1.71 bits per heavy atom. The van der Waals surface area contributed by atoms with Crippen LogP contribution in [0.4, 0.5) is 11.4 Å². The van der Waals surface area contributed by atoms with Crippen molar-refractivity contribution in [3.05, 3.63) is 65.2 Å². The molecule has 2 heterocycles. The molecule has 1 fully saturated rings. The number of anilines is 2. The predicted octanol–water partition coefficient (Wildman–Crippen LogP) is 2.07. The maximum atomic E-state index is 13.1. The second-order valence-corrected chi connectivity index (χ2v) is 8.67. The van der Waals surface area contributed by atoms with Crippen LogP contribution in [-0.2, 0) is 16.1 Å². The third kappa shape index (κ3) is 5.11. The van der Waals surface area contributed by atoms with E-state index < -0.39 is 11.9 Å². The number of benzene rings is 2. The third-order valence-corrected chi connectivity index (χ3v) is 6.32. The van der Waals surface area contributed by atoms with Crippen molar-refractivity contribution < 1.29 is 19.6 Å². The molecule has 4 rings (SSSR count). The summed E-state index contributed by atoms with van der Waals surface area (Å²) in [6.45, 7) is 5.30. The smallest absolute Gasteiger partial charge is 0.267 e. The van der Waals surface area contributed by atoms with Crippen LogP contribution in [0.15, 0.2) is 48.5 Å². The van der Waals surface area contributed by atoms with Gasteiger partial charge in [-0.15, -0.1) is 0 Å². The lowest BCUT2D eigenvalue weighted by Gasteiger charge is -2.35. The Hall–Kier alpha value is -3.69. The van der Waals surface area contributed by atoms with Crippen LogP contribution in [0.5, 0.6) is 0 Å². The number of hydroxylamine groups is 1. The second kappa shape index (κ2) is 10.1. The lowest BCUT2D eigenvalue weighted by molar-refractivity contribution is -0.137. The molecule has 1 unspecified atom stereocenters. The first-order valence-electron chi connectivity index (χ1n) is 11.3. The fourth-order valence-electron chi connectivity index (χ4n) is 4.19. The summed E-state index contributed by atoms with van der Waals surface area (Å²) in [7, 11) is 2.04. The molecule has 0 aliphatic carbocycles. The quantitative estimate of drug-likeness (QED) is 0.344. The van der Waals surface area contributed by atoms with Crippen molar-refractivity contribution in [1.29, 1.82) is 0 Å². The number of amides is 3. The largest absolute Gasteiger partial charge is 0.356 e. The number of nitrogens with one attached hydrogen (secondary N) is 2. The van der Waals surface area contributed by atoms with E-state index in [4.69, 9.17) is 5.21 Å². The lowest BCUT2D eigenvalue weighted by atomic mass is 10.1. The lowest BCUT2D eigenvalue weighted by Crippen LogP contribution is -2.53. The highest BCUT2D eigenvalue weighted by molar-refractivity contribution is 6.02.